The SMILES string of the molecule is Cc1cc([N+](=O)[O-])ccc1C(=O)NC(C)(C)C(C)Cl. The van der Waals surface area contributed by atoms with E-state index in [1.165, 1.54) is 18.2 Å². The first kappa shape index (κ1) is 15.4. The predicted molar refractivity (Wildman–Crippen MR) is 74.7 cm³/mol. The molecule has 0 fully saturated rings. The van der Waals surface area contributed by atoms with Gasteiger partial charge in [0.2, 0.25) is 0 Å². The lowest BCUT2D eigenvalue weighted by molar-refractivity contribution is -0.384. The van der Waals surface area contributed by atoms with Crippen molar-refractivity contribution in [2.75, 3.05) is 0 Å². The maximum absolute atomic E-state index is 12.1. The molecule has 0 saturated carbocycles. The monoisotopic (exact) mass is 284 g/mol. The molecule has 0 saturated heterocycles. The number of nitrogens with zero attached hydrogens (tertiary/aromatic N) is 1. The molecule has 1 amide bonds. The molecule has 19 heavy (non-hydrogen) atoms. The number of alkyl halides is 1. The molecule has 0 bridgehead atoms. The fraction of sp³-hybridized carbons (Fsp3) is 0.462. The largest absolute Gasteiger partial charge is 0.346 e. The number of carbonyl (C=O) groups excluding carboxylic acids is 1. The van der Waals surface area contributed by atoms with Gasteiger partial charge in [-0.15, -0.1) is 11.6 Å². The molecule has 0 spiro atoms. The number of nitro groups is 1. The highest BCUT2D eigenvalue weighted by Gasteiger charge is 2.27. The summed E-state index contributed by atoms with van der Waals surface area (Å²) in [6.07, 6.45) is 0. The van der Waals surface area contributed by atoms with Crippen molar-refractivity contribution >= 4 is 23.2 Å². The van der Waals surface area contributed by atoms with Gasteiger partial charge in [-0.3, -0.25) is 14.9 Å². The summed E-state index contributed by atoms with van der Waals surface area (Å²) in [4.78, 5) is 22.3. The normalized spacial score (nSPS) is 12.9. The molecule has 5 nitrogen and oxygen atoms in total. The number of benzene rings is 1. The van der Waals surface area contributed by atoms with E-state index >= 15 is 0 Å². The Labute approximate surface area is 117 Å². The molecule has 1 aromatic rings. The molecule has 6 heteroatoms. The third kappa shape index (κ3) is 3.67. The molecule has 1 atom stereocenters. The Balaban J connectivity index is 2.99. The van der Waals surface area contributed by atoms with E-state index in [0.29, 0.717) is 11.1 Å². The van der Waals surface area contributed by atoms with Gasteiger partial charge in [0, 0.05) is 17.7 Å². The van der Waals surface area contributed by atoms with Crippen LogP contribution in [0.25, 0.3) is 0 Å². The molecule has 1 unspecified atom stereocenters. The van der Waals surface area contributed by atoms with Gasteiger partial charge in [-0.25, -0.2) is 0 Å². The first-order valence-corrected chi connectivity index (χ1v) is 6.30. The highest BCUT2D eigenvalue weighted by molar-refractivity contribution is 6.21. The van der Waals surface area contributed by atoms with Crippen LogP contribution in [0, 0.1) is 17.0 Å². The van der Waals surface area contributed by atoms with E-state index < -0.39 is 10.5 Å². The average Bonchev–Trinajstić information content (AvgIpc) is 2.27. The number of aryl methyl sites for hydroxylation is 1. The number of non-ortho nitro benzene ring substituents is 1. The van der Waals surface area contributed by atoms with Crippen molar-refractivity contribution < 1.29 is 9.72 Å². The minimum Gasteiger partial charge on any atom is -0.346 e. The molecule has 0 aromatic heterocycles. The maximum Gasteiger partial charge on any atom is 0.269 e. The lowest BCUT2D eigenvalue weighted by atomic mass is 9.99. The van der Waals surface area contributed by atoms with Gasteiger partial charge in [-0.05, 0) is 39.3 Å². The van der Waals surface area contributed by atoms with E-state index in [2.05, 4.69) is 5.32 Å². The van der Waals surface area contributed by atoms with E-state index in [1.54, 1.807) is 13.8 Å². The quantitative estimate of drug-likeness (QED) is 0.525. The van der Waals surface area contributed by atoms with Gasteiger partial charge in [0.1, 0.15) is 0 Å². The summed E-state index contributed by atoms with van der Waals surface area (Å²) in [6, 6.07) is 4.16. The van der Waals surface area contributed by atoms with Gasteiger partial charge in [0.05, 0.1) is 15.8 Å². The second kappa shape index (κ2) is 5.57. The molecular formula is C13H17ClN2O3. The number of hydrogen-bond donors (Lipinski definition) is 1. The molecule has 0 aliphatic heterocycles. The molecule has 1 aromatic carbocycles. The summed E-state index contributed by atoms with van der Waals surface area (Å²) in [7, 11) is 0. The van der Waals surface area contributed by atoms with Crippen LogP contribution in [0.3, 0.4) is 0 Å². The number of rotatable bonds is 4. The number of amides is 1. The Morgan fingerprint density at radius 3 is 2.47 bits per heavy atom. The van der Waals surface area contributed by atoms with E-state index in [-0.39, 0.29) is 17.0 Å². The molecular weight excluding hydrogens is 268 g/mol. The van der Waals surface area contributed by atoms with Crippen LogP contribution in [0.5, 0.6) is 0 Å². The molecule has 0 aliphatic carbocycles. The van der Waals surface area contributed by atoms with Crippen LogP contribution in [0.4, 0.5) is 5.69 Å². The van der Waals surface area contributed by atoms with E-state index in [1.807, 2.05) is 13.8 Å². The van der Waals surface area contributed by atoms with Crippen LogP contribution in [0.1, 0.15) is 36.7 Å². The summed E-state index contributed by atoms with van der Waals surface area (Å²) in [6.45, 7) is 7.11. The first-order chi connectivity index (χ1) is 8.65. The number of halogens is 1. The third-order valence-electron chi connectivity index (χ3n) is 3.10. The lowest BCUT2D eigenvalue weighted by Crippen LogP contribution is -2.49. The highest BCUT2D eigenvalue weighted by atomic mass is 35.5. The topological polar surface area (TPSA) is 72.2 Å². The summed E-state index contributed by atoms with van der Waals surface area (Å²) in [5, 5.41) is 13.2. The van der Waals surface area contributed by atoms with Gasteiger partial charge in [0.15, 0.2) is 0 Å². The van der Waals surface area contributed by atoms with Crippen molar-refractivity contribution in [1.29, 1.82) is 0 Å². The van der Waals surface area contributed by atoms with E-state index in [4.69, 9.17) is 11.6 Å². The van der Waals surface area contributed by atoms with Gasteiger partial charge < -0.3 is 5.32 Å². The third-order valence-corrected chi connectivity index (χ3v) is 3.64. The van der Waals surface area contributed by atoms with Gasteiger partial charge in [-0.2, -0.15) is 0 Å². The standard InChI is InChI=1S/C13H17ClN2O3/c1-8-7-10(16(18)19)5-6-11(8)12(17)15-13(3,4)9(2)14/h5-7,9H,1-4H3,(H,15,17). The molecule has 0 radical (unpaired) electrons. The second-order valence-corrected chi connectivity index (χ2v) is 5.70. The Morgan fingerprint density at radius 1 is 1.47 bits per heavy atom. The minimum atomic E-state index is -0.563. The fourth-order valence-electron chi connectivity index (χ4n) is 1.48. The molecule has 0 heterocycles. The van der Waals surface area contributed by atoms with E-state index in [0.717, 1.165) is 0 Å². The Hall–Kier alpha value is -1.62. The number of hydrogen-bond acceptors (Lipinski definition) is 3. The van der Waals surface area contributed by atoms with Crippen molar-refractivity contribution in [3.05, 3.63) is 39.4 Å². The predicted octanol–water partition coefficient (Wildman–Crippen LogP) is 3.04. The molecule has 1 rings (SSSR count). The maximum atomic E-state index is 12.1. The Morgan fingerprint density at radius 2 is 2.05 bits per heavy atom. The number of nitrogens with one attached hydrogen (secondary N) is 1. The number of carbonyl (C=O) groups is 1. The minimum absolute atomic E-state index is 0.0287. The smallest absolute Gasteiger partial charge is 0.269 e. The molecule has 1 N–H and O–H groups in total. The van der Waals surface area contributed by atoms with E-state index in [9.17, 15) is 14.9 Å². The van der Waals surface area contributed by atoms with Gasteiger partial charge in [-0.1, -0.05) is 0 Å². The van der Waals surface area contributed by atoms with Crippen LogP contribution in [-0.4, -0.2) is 21.7 Å². The zero-order chi connectivity index (χ0) is 14.8. The van der Waals surface area contributed by atoms with Crippen molar-refractivity contribution in [3.8, 4) is 0 Å². The molecule has 0 aliphatic rings. The van der Waals surface area contributed by atoms with Crippen LogP contribution in [-0.2, 0) is 0 Å². The van der Waals surface area contributed by atoms with Crippen molar-refractivity contribution in [3.63, 3.8) is 0 Å². The average molecular weight is 285 g/mol. The van der Waals surface area contributed by atoms with Gasteiger partial charge in [0.25, 0.3) is 11.6 Å². The van der Waals surface area contributed by atoms with Crippen molar-refractivity contribution in [1.82, 2.24) is 5.32 Å². The zero-order valence-corrected chi connectivity index (χ0v) is 12.1. The zero-order valence-electron chi connectivity index (χ0n) is 11.4. The highest BCUT2D eigenvalue weighted by Crippen LogP contribution is 2.19. The fourth-order valence-corrected chi connectivity index (χ4v) is 1.53. The Bertz CT molecular complexity index is 513. The molecule has 104 valence electrons. The first-order valence-electron chi connectivity index (χ1n) is 5.87. The van der Waals surface area contributed by atoms with Gasteiger partial charge >= 0.3 is 0 Å². The summed E-state index contributed by atoms with van der Waals surface area (Å²) >= 11 is 6.00. The second-order valence-electron chi connectivity index (χ2n) is 5.05. The Kier molecular flexibility index (Phi) is 4.52. The lowest BCUT2D eigenvalue weighted by Gasteiger charge is -2.29. The summed E-state index contributed by atoms with van der Waals surface area (Å²) in [5.74, 6) is -0.287. The summed E-state index contributed by atoms with van der Waals surface area (Å²) < 4.78 is 0. The number of nitro benzene ring substituents is 1. The van der Waals surface area contributed by atoms with Crippen LogP contribution in [0.2, 0.25) is 0 Å². The van der Waals surface area contributed by atoms with Crippen molar-refractivity contribution in [2.24, 2.45) is 0 Å². The van der Waals surface area contributed by atoms with Crippen LogP contribution >= 0.6 is 11.6 Å². The van der Waals surface area contributed by atoms with Crippen LogP contribution in [0.15, 0.2) is 18.2 Å². The summed E-state index contributed by atoms with van der Waals surface area (Å²) in [5.41, 5.74) is 0.382. The van der Waals surface area contributed by atoms with Crippen molar-refractivity contribution in [2.45, 2.75) is 38.6 Å². The van der Waals surface area contributed by atoms with Crippen LogP contribution < -0.4 is 5.32 Å².